The van der Waals surface area contributed by atoms with Gasteiger partial charge in [0, 0.05) is 27.0 Å². The molecule has 11 heteroatoms. The second-order valence-corrected chi connectivity index (χ2v) is 6.96. The van der Waals surface area contributed by atoms with E-state index >= 15 is 0 Å². The third kappa shape index (κ3) is 4.75. The summed E-state index contributed by atoms with van der Waals surface area (Å²) >= 11 is 1.15. The predicted molar refractivity (Wildman–Crippen MR) is 89.5 cm³/mol. The van der Waals surface area contributed by atoms with E-state index in [-0.39, 0.29) is 12.2 Å². The van der Waals surface area contributed by atoms with Crippen LogP contribution >= 0.6 is 11.8 Å². The highest BCUT2D eigenvalue weighted by Gasteiger charge is 2.50. The van der Waals surface area contributed by atoms with Crippen LogP contribution in [0.5, 0.6) is 0 Å². The molecule has 2 N–H and O–H groups in total. The van der Waals surface area contributed by atoms with E-state index in [1.807, 2.05) is 0 Å². The van der Waals surface area contributed by atoms with Crippen LogP contribution in [-0.4, -0.2) is 51.9 Å². The fourth-order valence-corrected chi connectivity index (χ4v) is 4.17. The van der Waals surface area contributed by atoms with Gasteiger partial charge in [0.2, 0.25) is 0 Å². The van der Waals surface area contributed by atoms with Crippen LogP contribution in [0.2, 0.25) is 0 Å². The average Bonchev–Trinajstić information content (AvgIpc) is 2.82. The average molecular weight is 386 g/mol. The van der Waals surface area contributed by atoms with Gasteiger partial charge >= 0.3 is 23.6 Å². The van der Waals surface area contributed by atoms with E-state index in [4.69, 9.17) is 14.2 Å². The minimum atomic E-state index is -0.992. The molecular weight excluding hydrogens is 368 g/mol. The maximum atomic E-state index is 12.1. The number of aromatic amines is 2. The molecule has 1 aliphatic rings. The highest BCUT2D eigenvalue weighted by Crippen LogP contribution is 2.47. The van der Waals surface area contributed by atoms with Crippen molar-refractivity contribution < 1.29 is 28.6 Å². The summed E-state index contributed by atoms with van der Waals surface area (Å²) in [5.41, 5.74) is -1.19. The second-order valence-electron chi connectivity index (χ2n) is 5.57. The molecule has 0 unspecified atom stereocenters. The zero-order valence-electron chi connectivity index (χ0n) is 14.3. The Morgan fingerprint density at radius 1 is 1.04 bits per heavy atom. The molecule has 0 aromatic carbocycles. The fraction of sp³-hybridized carbons (Fsp3) is 0.533. The van der Waals surface area contributed by atoms with Gasteiger partial charge in [0.25, 0.3) is 5.56 Å². The first-order valence-corrected chi connectivity index (χ1v) is 8.58. The number of esters is 3. The number of aromatic nitrogens is 2. The molecule has 1 aromatic heterocycles. The molecule has 10 nitrogen and oxygen atoms in total. The molecule has 0 radical (unpaired) electrons. The van der Waals surface area contributed by atoms with Crippen LogP contribution in [0.3, 0.4) is 0 Å². The fourth-order valence-electron chi connectivity index (χ4n) is 2.60. The number of thioether (sulfide) groups is 1. The van der Waals surface area contributed by atoms with Gasteiger partial charge in [-0.15, -0.1) is 11.8 Å². The molecule has 0 bridgehead atoms. The zero-order chi connectivity index (χ0) is 19.4. The first-order chi connectivity index (χ1) is 12.2. The SMILES string of the molecule is CC(=O)OC[C@H]1S[C@@H](c2c[nH]c(=O)[nH]c2=O)[C@H](OC(C)=O)[C@@H]1OC(C)=O. The van der Waals surface area contributed by atoms with Crippen LogP contribution in [0, 0.1) is 0 Å². The lowest BCUT2D eigenvalue weighted by Crippen LogP contribution is -2.40. The summed E-state index contributed by atoms with van der Waals surface area (Å²) in [6.45, 7) is 3.50. The molecule has 26 heavy (non-hydrogen) atoms. The second kappa shape index (κ2) is 8.21. The van der Waals surface area contributed by atoms with Crippen molar-refractivity contribution in [1.82, 2.24) is 9.97 Å². The van der Waals surface area contributed by atoms with Crippen LogP contribution in [0.15, 0.2) is 15.8 Å². The molecule has 1 saturated heterocycles. The number of H-pyrrole nitrogens is 2. The lowest BCUT2D eigenvalue weighted by molar-refractivity contribution is -0.165. The zero-order valence-corrected chi connectivity index (χ0v) is 15.1. The molecule has 1 fully saturated rings. The van der Waals surface area contributed by atoms with Crippen LogP contribution < -0.4 is 11.2 Å². The molecule has 0 aliphatic carbocycles. The van der Waals surface area contributed by atoms with Crippen LogP contribution in [0.25, 0.3) is 0 Å². The van der Waals surface area contributed by atoms with Crippen molar-refractivity contribution in [1.29, 1.82) is 0 Å². The molecule has 1 aliphatic heterocycles. The Hall–Kier alpha value is -2.56. The Bertz CT molecular complexity index is 816. The van der Waals surface area contributed by atoms with E-state index in [0.717, 1.165) is 11.8 Å². The summed E-state index contributed by atoms with van der Waals surface area (Å²) in [6.07, 6.45) is -0.708. The Morgan fingerprint density at radius 2 is 1.65 bits per heavy atom. The first kappa shape index (κ1) is 19.8. The van der Waals surface area contributed by atoms with Crippen LogP contribution in [0.4, 0.5) is 0 Å². The maximum absolute atomic E-state index is 12.1. The topological polar surface area (TPSA) is 145 Å². The van der Waals surface area contributed by atoms with Crippen LogP contribution in [0.1, 0.15) is 31.6 Å². The Labute approximate surface area is 151 Å². The van der Waals surface area contributed by atoms with Crippen molar-refractivity contribution in [3.63, 3.8) is 0 Å². The normalized spacial score (nSPS) is 24.7. The van der Waals surface area contributed by atoms with Gasteiger partial charge in [-0.3, -0.25) is 24.2 Å². The smallest absolute Gasteiger partial charge is 0.325 e. The predicted octanol–water partition coefficient (Wildman–Crippen LogP) is -0.354. The van der Waals surface area contributed by atoms with Gasteiger partial charge in [0.1, 0.15) is 6.61 Å². The van der Waals surface area contributed by atoms with Crippen molar-refractivity contribution in [3.8, 4) is 0 Å². The van der Waals surface area contributed by atoms with Crippen molar-refractivity contribution in [3.05, 3.63) is 32.6 Å². The van der Waals surface area contributed by atoms with Gasteiger partial charge in [-0.2, -0.15) is 0 Å². The highest BCUT2D eigenvalue weighted by molar-refractivity contribution is 8.00. The largest absolute Gasteiger partial charge is 0.465 e. The van der Waals surface area contributed by atoms with Gasteiger partial charge < -0.3 is 19.2 Å². The number of hydrogen-bond donors (Lipinski definition) is 2. The van der Waals surface area contributed by atoms with E-state index in [0.29, 0.717) is 0 Å². The molecule has 2 rings (SSSR count). The van der Waals surface area contributed by atoms with E-state index in [1.165, 1.54) is 27.0 Å². The third-order valence-electron chi connectivity index (χ3n) is 3.52. The number of rotatable bonds is 5. The van der Waals surface area contributed by atoms with Gasteiger partial charge in [-0.05, 0) is 0 Å². The molecule has 4 atom stereocenters. The maximum Gasteiger partial charge on any atom is 0.325 e. The number of hydrogen-bond acceptors (Lipinski definition) is 9. The van der Waals surface area contributed by atoms with Crippen molar-refractivity contribution >= 4 is 29.7 Å². The van der Waals surface area contributed by atoms with E-state index in [2.05, 4.69) is 9.97 Å². The van der Waals surface area contributed by atoms with Crippen LogP contribution in [-0.2, 0) is 28.6 Å². The highest BCUT2D eigenvalue weighted by atomic mass is 32.2. The summed E-state index contributed by atoms with van der Waals surface area (Å²) in [5, 5.41) is -1.30. The van der Waals surface area contributed by atoms with Gasteiger partial charge in [0.05, 0.1) is 16.1 Å². The number of ether oxygens (including phenoxy) is 3. The van der Waals surface area contributed by atoms with Gasteiger partial charge in [-0.1, -0.05) is 0 Å². The Balaban J connectivity index is 2.41. The van der Waals surface area contributed by atoms with Gasteiger partial charge in [-0.25, -0.2) is 4.79 Å². The number of carbonyl (C=O) groups is 3. The lowest BCUT2D eigenvalue weighted by atomic mass is 10.0. The molecule has 0 saturated carbocycles. The van der Waals surface area contributed by atoms with Gasteiger partial charge in [0.15, 0.2) is 12.2 Å². The van der Waals surface area contributed by atoms with E-state index < -0.39 is 51.9 Å². The summed E-state index contributed by atoms with van der Waals surface area (Å²) in [6, 6.07) is 0. The Morgan fingerprint density at radius 3 is 2.19 bits per heavy atom. The molecular formula is C15H18N2O8S. The first-order valence-electron chi connectivity index (χ1n) is 7.64. The van der Waals surface area contributed by atoms with E-state index in [1.54, 1.807) is 0 Å². The minimum absolute atomic E-state index is 0.104. The van der Waals surface area contributed by atoms with Crippen molar-refractivity contribution in [2.45, 2.75) is 43.5 Å². The monoisotopic (exact) mass is 386 g/mol. The standard InChI is InChI=1S/C15H18N2O8S/c1-6(18)23-5-10-11(24-7(2)19)12(25-8(3)20)13(26-10)9-4-16-15(22)17-14(9)21/h4,10-13H,5H2,1-3H3,(H2,16,17,21,22)/t10-,11-,12-,13+/m1/s1. The van der Waals surface area contributed by atoms with Crippen molar-refractivity contribution in [2.75, 3.05) is 6.61 Å². The molecule has 2 heterocycles. The molecule has 0 spiro atoms. The molecule has 0 amide bonds. The minimum Gasteiger partial charge on any atom is -0.465 e. The summed E-state index contributed by atoms with van der Waals surface area (Å²) in [7, 11) is 0. The number of carbonyl (C=O) groups excluding carboxylic acids is 3. The summed E-state index contributed by atoms with van der Waals surface area (Å²) in [5.74, 6) is -1.77. The number of nitrogens with one attached hydrogen (secondary N) is 2. The molecule has 142 valence electrons. The van der Waals surface area contributed by atoms with E-state index in [9.17, 15) is 24.0 Å². The molecule has 1 aromatic rings. The lowest BCUT2D eigenvalue weighted by Gasteiger charge is -2.24. The summed E-state index contributed by atoms with van der Waals surface area (Å²) < 4.78 is 15.6. The third-order valence-corrected chi connectivity index (χ3v) is 5.09. The Kier molecular flexibility index (Phi) is 6.24. The van der Waals surface area contributed by atoms with Crippen molar-refractivity contribution in [2.24, 2.45) is 0 Å². The summed E-state index contributed by atoms with van der Waals surface area (Å²) in [4.78, 5) is 61.9. The quantitative estimate of drug-likeness (QED) is 0.512.